The molecule has 0 aliphatic carbocycles. The van der Waals surface area contributed by atoms with Crippen LogP contribution < -0.4 is 4.90 Å². The summed E-state index contributed by atoms with van der Waals surface area (Å²) in [5, 5.41) is 0. The van der Waals surface area contributed by atoms with E-state index in [1.54, 1.807) is 31.6 Å². The lowest BCUT2D eigenvalue weighted by Gasteiger charge is -2.38. The molecular weight excluding hydrogens is 398 g/mol. The number of piperazine rings is 1. The molecule has 26 heavy (non-hydrogen) atoms. The van der Waals surface area contributed by atoms with Crippen LogP contribution in [0.15, 0.2) is 35.2 Å². The van der Waals surface area contributed by atoms with Crippen LogP contribution in [0.5, 0.6) is 0 Å². The Morgan fingerprint density at radius 1 is 1.15 bits per heavy atom. The van der Waals surface area contributed by atoms with Crippen molar-refractivity contribution in [1.29, 1.82) is 0 Å². The molecule has 0 saturated carbocycles. The van der Waals surface area contributed by atoms with E-state index in [0.29, 0.717) is 12.2 Å². The highest BCUT2D eigenvalue weighted by Crippen LogP contribution is 2.21. The maximum atomic E-state index is 11.7. The molecule has 3 heterocycles. The number of esters is 1. The summed E-state index contributed by atoms with van der Waals surface area (Å²) in [7, 11) is 0. The van der Waals surface area contributed by atoms with Gasteiger partial charge in [-0.1, -0.05) is 0 Å². The first-order chi connectivity index (χ1) is 12.6. The molecule has 0 bridgehead atoms. The molecule has 2 aromatic rings. The maximum Gasteiger partial charge on any atom is 0.339 e. The van der Waals surface area contributed by atoms with Gasteiger partial charge in [0.25, 0.3) is 0 Å². The summed E-state index contributed by atoms with van der Waals surface area (Å²) in [6.45, 7) is 7.83. The van der Waals surface area contributed by atoms with E-state index in [1.807, 2.05) is 6.07 Å². The Balaban J connectivity index is 1.58. The van der Waals surface area contributed by atoms with Gasteiger partial charge in [-0.25, -0.2) is 19.7 Å². The Kier molecular flexibility index (Phi) is 6.16. The summed E-state index contributed by atoms with van der Waals surface area (Å²) < 4.78 is 5.87. The monoisotopic (exact) mass is 419 g/mol. The molecule has 1 aliphatic rings. The number of hydrogen-bond donors (Lipinski definition) is 0. The van der Waals surface area contributed by atoms with Gasteiger partial charge in [0, 0.05) is 44.8 Å². The molecule has 3 rings (SSSR count). The smallest absolute Gasteiger partial charge is 0.339 e. The molecule has 0 aromatic carbocycles. The van der Waals surface area contributed by atoms with Crippen molar-refractivity contribution in [2.75, 3.05) is 37.7 Å². The van der Waals surface area contributed by atoms with Crippen molar-refractivity contribution in [3.63, 3.8) is 0 Å². The van der Waals surface area contributed by atoms with Gasteiger partial charge < -0.3 is 9.64 Å². The number of carbonyl (C=O) groups excluding carboxylic acids is 1. The van der Waals surface area contributed by atoms with Crippen molar-refractivity contribution in [2.24, 2.45) is 0 Å². The Morgan fingerprint density at radius 2 is 1.85 bits per heavy atom. The highest BCUT2D eigenvalue weighted by molar-refractivity contribution is 9.10. The number of pyridine rings is 1. The number of carbonyl (C=O) groups is 1. The van der Waals surface area contributed by atoms with Crippen molar-refractivity contribution in [2.45, 2.75) is 19.9 Å². The van der Waals surface area contributed by atoms with E-state index in [0.717, 1.165) is 42.3 Å². The number of nitrogens with zero attached hydrogens (tertiary/aromatic N) is 5. The topological polar surface area (TPSA) is 71.5 Å². The van der Waals surface area contributed by atoms with Gasteiger partial charge in [0.1, 0.15) is 11.6 Å². The fourth-order valence-corrected chi connectivity index (χ4v) is 3.15. The lowest BCUT2D eigenvalue weighted by molar-refractivity contribution is 0.0526. The van der Waals surface area contributed by atoms with Gasteiger partial charge in [-0.05, 0) is 41.9 Å². The standard InChI is InChI=1S/C18H22BrN5O2/c1-3-26-18(25)14-4-5-16(20-10-14)24-8-6-23(7-9-24)13(2)17-21-11-15(19)12-22-17/h4-5,10-13H,3,6-9H2,1-2H3/t13-/m1/s1. The fraction of sp³-hybridized carbons (Fsp3) is 0.444. The van der Waals surface area contributed by atoms with E-state index >= 15 is 0 Å². The average molecular weight is 420 g/mol. The van der Waals surface area contributed by atoms with E-state index in [-0.39, 0.29) is 12.0 Å². The summed E-state index contributed by atoms with van der Waals surface area (Å²) in [6.07, 6.45) is 5.15. The molecule has 7 nitrogen and oxygen atoms in total. The summed E-state index contributed by atoms with van der Waals surface area (Å²) in [5.41, 5.74) is 0.482. The number of halogens is 1. The maximum absolute atomic E-state index is 11.7. The van der Waals surface area contributed by atoms with Crippen LogP contribution in [0.4, 0.5) is 5.82 Å². The SMILES string of the molecule is CCOC(=O)c1ccc(N2CCN([C@H](C)c3ncc(Br)cn3)CC2)nc1. The van der Waals surface area contributed by atoms with Gasteiger partial charge in [-0.2, -0.15) is 0 Å². The second kappa shape index (κ2) is 8.55. The van der Waals surface area contributed by atoms with Crippen molar-refractivity contribution in [1.82, 2.24) is 19.9 Å². The van der Waals surface area contributed by atoms with Crippen LogP contribution in [-0.4, -0.2) is 58.6 Å². The molecule has 138 valence electrons. The molecule has 1 aliphatic heterocycles. The Bertz CT molecular complexity index is 730. The molecule has 1 saturated heterocycles. The van der Waals surface area contributed by atoms with Crippen LogP contribution in [0.3, 0.4) is 0 Å². The number of hydrogen-bond acceptors (Lipinski definition) is 7. The van der Waals surface area contributed by atoms with E-state index in [4.69, 9.17) is 4.74 Å². The first-order valence-electron chi connectivity index (χ1n) is 8.68. The van der Waals surface area contributed by atoms with Crippen LogP contribution in [-0.2, 0) is 4.74 Å². The molecule has 1 fully saturated rings. The van der Waals surface area contributed by atoms with Crippen LogP contribution in [0.1, 0.15) is 36.1 Å². The first kappa shape index (κ1) is 18.7. The zero-order chi connectivity index (χ0) is 18.5. The summed E-state index contributed by atoms with van der Waals surface area (Å²) in [6, 6.07) is 3.82. The molecular formula is C18H22BrN5O2. The van der Waals surface area contributed by atoms with Gasteiger partial charge in [-0.3, -0.25) is 4.90 Å². The van der Waals surface area contributed by atoms with E-state index in [2.05, 4.69) is 47.6 Å². The van der Waals surface area contributed by atoms with Crippen molar-refractivity contribution in [3.05, 3.63) is 46.6 Å². The highest BCUT2D eigenvalue weighted by Gasteiger charge is 2.24. The minimum absolute atomic E-state index is 0.171. The zero-order valence-corrected chi connectivity index (χ0v) is 16.5. The van der Waals surface area contributed by atoms with Crippen molar-refractivity contribution < 1.29 is 9.53 Å². The van der Waals surface area contributed by atoms with E-state index in [1.165, 1.54) is 0 Å². The van der Waals surface area contributed by atoms with E-state index < -0.39 is 0 Å². The number of ether oxygens (including phenoxy) is 1. The normalized spacial score (nSPS) is 16.3. The molecule has 8 heteroatoms. The van der Waals surface area contributed by atoms with Gasteiger partial charge in [0.05, 0.1) is 22.7 Å². The highest BCUT2D eigenvalue weighted by atomic mass is 79.9. The third-order valence-electron chi connectivity index (χ3n) is 4.46. The second-order valence-electron chi connectivity index (χ2n) is 6.08. The quantitative estimate of drug-likeness (QED) is 0.689. The van der Waals surface area contributed by atoms with Gasteiger partial charge in [0.2, 0.25) is 0 Å². The third kappa shape index (κ3) is 4.37. The summed E-state index contributed by atoms with van der Waals surface area (Å²) in [4.78, 5) is 29.5. The van der Waals surface area contributed by atoms with Gasteiger partial charge >= 0.3 is 5.97 Å². The fourth-order valence-electron chi connectivity index (χ4n) is 2.95. The Labute approximate surface area is 161 Å². The zero-order valence-electron chi connectivity index (χ0n) is 14.9. The average Bonchev–Trinajstić information content (AvgIpc) is 2.68. The lowest BCUT2D eigenvalue weighted by Crippen LogP contribution is -2.47. The minimum atomic E-state index is -0.334. The Morgan fingerprint density at radius 3 is 2.42 bits per heavy atom. The molecule has 0 spiro atoms. The van der Waals surface area contributed by atoms with Crippen LogP contribution in [0, 0.1) is 0 Å². The molecule has 1 atom stereocenters. The van der Waals surface area contributed by atoms with Crippen LogP contribution >= 0.6 is 15.9 Å². The van der Waals surface area contributed by atoms with Gasteiger partial charge in [0.15, 0.2) is 0 Å². The summed E-state index contributed by atoms with van der Waals surface area (Å²) >= 11 is 3.37. The molecule has 2 aromatic heterocycles. The van der Waals surface area contributed by atoms with Gasteiger partial charge in [-0.15, -0.1) is 0 Å². The Hall–Kier alpha value is -2.06. The number of aromatic nitrogens is 3. The van der Waals surface area contributed by atoms with Crippen molar-refractivity contribution >= 4 is 27.7 Å². The van der Waals surface area contributed by atoms with Crippen molar-refractivity contribution in [3.8, 4) is 0 Å². The van der Waals surface area contributed by atoms with Crippen LogP contribution in [0.25, 0.3) is 0 Å². The third-order valence-corrected chi connectivity index (χ3v) is 4.87. The number of rotatable bonds is 5. The number of anilines is 1. The molecule has 0 N–H and O–H groups in total. The predicted octanol–water partition coefficient (Wildman–Crippen LogP) is 2.69. The lowest BCUT2D eigenvalue weighted by atomic mass is 10.2. The molecule has 0 unspecified atom stereocenters. The molecule has 0 radical (unpaired) electrons. The van der Waals surface area contributed by atoms with Crippen LogP contribution in [0.2, 0.25) is 0 Å². The van der Waals surface area contributed by atoms with E-state index in [9.17, 15) is 4.79 Å². The second-order valence-corrected chi connectivity index (χ2v) is 7.00. The first-order valence-corrected chi connectivity index (χ1v) is 9.47. The largest absolute Gasteiger partial charge is 0.462 e. The minimum Gasteiger partial charge on any atom is -0.462 e. The molecule has 0 amide bonds. The summed E-state index contributed by atoms with van der Waals surface area (Å²) in [5.74, 6) is 1.38. The predicted molar refractivity (Wildman–Crippen MR) is 102 cm³/mol.